The van der Waals surface area contributed by atoms with Crippen molar-refractivity contribution in [2.24, 2.45) is 0 Å². The van der Waals surface area contributed by atoms with Gasteiger partial charge >= 0.3 is 0 Å². The van der Waals surface area contributed by atoms with Crippen LogP contribution < -0.4 is 14.4 Å². The minimum absolute atomic E-state index is 0.236. The summed E-state index contributed by atoms with van der Waals surface area (Å²) < 4.78 is 36.3. The summed E-state index contributed by atoms with van der Waals surface area (Å²) in [7, 11) is -4.08. The first-order valence-corrected chi connectivity index (χ1v) is 16.9. The van der Waals surface area contributed by atoms with E-state index in [9.17, 15) is 13.0 Å². The van der Waals surface area contributed by atoms with Gasteiger partial charge in [0.2, 0.25) is 0 Å². The molecule has 222 valence electrons. The number of fused-ring (bicyclic) bond motifs is 2. The Morgan fingerprint density at radius 1 is 0.854 bits per heavy atom. The molecule has 1 aliphatic heterocycles. The first kappa shape index (κ1) is 32.0. The van der Waals surface area contributed by atoms with E-state index < -0.39 is 10.1 Å². The maximum absolute atomic E-state index is 11.4. The summed E-state index contributed by atoms with van der Waals surface area (Å²) in [5.41, 5.74) is 3.77. The van der Waals surface area contributed by atoms with Crippen LogP contribution in [0.1, 0.15) is 52.3 Å². The molecule has 12 heteroatoms. The zero-order chi connectivity index (χ0) is 29.9. The quantitative estimate of drug-likeness (QED) is 0.120. The van der Waals surface area contributed by atoms with Crippen molar-refractivity contribution >= 4 is 85.0 Å². The molecule has 1 aromatic heterocycles. The molecule has 0 saturated carbocycles. The third-order valence-corrected chi connectivity index (χ3v) is 9.45. The van der Waals surface area contributed by atoms with Gasteiger partial charge in [-0.25, -0.2) is 9.13 Å². The van der Waals surface area contributed by atoms with E-state index in [4.69, 9.17) is 46.4 Å². The van der Waals surface area contributed by atoms with E-state index in [2.05, 4.69) is 34.3 Å². The van der Waals surface area contributed by atoms with E-state index in [-0.39, 0.29) is 12.2 Å². The molecule has 0 amide bonds. The summed E-state index contributed by atoms with van der Waals surface area (Å²) in [4.78, 5) is 4.51. The molecule has 0 fully saturated rings. The lowest BCUT2D eigenvalue weighted by atomic mass is 10.2. The Balaban J connectivity index is 1.80. The van der Waals surface area contributed by atoms with Crippen LogP contribution in [0.4, 0.5) is 11.4 Å². The molecule has 2 heterocycles. The zero-order valence-corrected chi connectivity index (χ0v) is 27.2. The van der Waals surface area contributed by atoms with Gasteiger partial charge in [0.25, 0.3) is 15.9 Å². The largest absolute Gasteiger partial charge is 0.326 e. The molecule has 0 saturated heterocycles. The summed E-state index contributed by atoms with van der Waals surface area (Å²) in [6.07, 6.45) is 9.60. The molecule has 0 unspecified atom stereocenters. The molecular formula is C29H35Cl4N4O3S+. The fraction of sp³-hybridized carbons (Fsp3) is 0.414. The van der Waals surface area contributed by atoms with E-state index in [0.29, 0.717) is 33.2 Å². The highest BCUT2D eigenvalue weighted by Crippen LogP contribution is 2.45. The fourth-order valence-electron chi connectivity index (χ4n) is 5.34. The Labute approximate surface area is 262 Å². The van der Waals surface area contributed by atoms with Gasteiger partial charge in [-0.3, -0.25) is 4.55 Å². The van der Waals surface area contributed by atoms with Gasteiger partial charge in [0, 0.05) is 37.7 Å². The highest BCUT2D eigenvalue weighted by Gasteiger charge is 2.31. The molecule has 1 N–H and O–H groups in total. The second-order valence-electron chi connectivity index (χ2n) is 9.89. The summed E-state index contributed by atoms with van der Waals surface area (Å²) >= 11 is 25.6. The topological polar surface area (TPSA) is 69.7 Å². The average molecular weight is 662 g/mol. The molecule has 3 aromatic rings. The van der Waals surface area contributed by atoms with Crippen LogP contribution in [0.3, 0.4) is 0 Å². The van der Waals surface area contributed by atoms with Crippen LogP contribution >= 0.6 is 46.4 Å². The van der Waals surface area contributed by atoms with Crippen LogP contribution in [0.5, 0.6) is 0 Å². The molecule has 0 bridgehead atoms. The monoisotopic (exact) mass is 659 g/mol. The number of benzene rings is 2. The van der Waals surface area contributed by atoms with E-state index in [1.807, 2.05) is 41.8 Å². The lowest BCUT2D eigenvalue weighted by Gasteiger charge is -2.24. The van der Waals surface area contributed by atoms with E-state index in [0.717, 1.165) is 66.4 Å². The molecule has 2 aromatic carbocycles. The van der Waals surface area contributed by atoms with Gasteiger partial charge in [0.1, 0.15) is 5.82 Å². The Kier molecular flexibility index (Phi) is 10.6. The van der Waals surface area contributed by atoms with Crippen molar-refractivity contribution in [2.45, 2.75) is 59.5 Å². The molecular weight excluding hydrogens is 626 g/mol. The van der Waals surface area contributed by atoms with Gasteiger partial charge in [-0.2, -0.15) is 8.42 Å². The molecule has 0 atom stereocenters. The number of rotatable bonds is 12. The van der Waals surface area contributed by atoms with E-state index >= 15 is 0 Å². The number of allylic oxidation sites excluding steroid dienone is 2. The highest BCUT2D eigenvalue weighted by molar-refractivity contribution is 7.85. The van der Waals surface area contributed by atoms with Crippen LogP contribution in [0.2, 0.25) is 20.1 Å². The predicted octanol–water partition coefficient (Wildman–Crippen LogP) is 8.23. The Morgan fingerprint density at radius 2 is 1.49 bits per heavy atom. The number of aromatic nitrogens is 2. The fourth-order valence-corrected chi connectivity index (χ4v) is 6.47. The highest BCUT2D eigenvalue weighted by atomic mass is 35.5. The molecule has 1 aliphatic rings. The Morgan fingerprint density at radius 3 is 2.10 bits per heavy atom. The van der Waals surface area contributed by atoms with Gasteiger partial charge in [0.05, 0.1) is 50.3 Å². The van der Waals surface area contributed by atoms with Gasteiger partial charge in [-0.1, -0.05) is 72.2 Å². The number of hydrogen-bond donors (Lipinski definition) is 1. The van der Waals surface area contributed by atoms with E-state index in [1.165, 1.54) is 0 Å². The van der Waals surface area contributed by atoms with Gasteiger partial charge < -0.3 is 9.80 Å². The van der Waals surface area contributed by atoms with Crippen molar-refractivity contribution < 1.29 is 17.5 Å². The standard InChI is InChI=1S/C29H34Cl4N4O3S/c1-4-7-8-13-36-26-18-22(32)20(30)16-24(26)34(5-2)28(36)11-9-12-29-35(6-3)25-17-21(31)23(33)19-27(25)37(29)14-10-15-41(38,39)40/h9,11-12,16-19H,4-8,10,13-15H2,1-3H3/p+1. The average Bonchev–Trinajstić information content (AvgIpc) is 3.34. The van der Waals surface area contributed by atoms with E-state index in [1.54, 1.807) is 6.07 Å². The smallest absolute Gasteiger partial charge is 0.282 e. The number of unbranched alkanes of at least 4 members (excludes halogenated alkanes) is 2. The van der Waals surface area contributed by atoms with Crippen LogP contribution in [-0.4, -0.2) is 36.4 Å². The maximum atomic E-state index is 11.4. The lowest BCUT2D eigenvalue weighted by Crippen LogP contribution is -2.37. The number of aryl methyl sites for hydroxylation is 2. The maximum Gasteiger partial charge on any atom is 0.282 e. The zero-order valence-electron chi connectivity index (χ0n) is 23.4. The van der Waals surface area contributed by atoms with Crippen LogP contribution in [0.25, 0.3) is 17.1 Å². The van der Waals surface area contributed by atoms with Crippen molar-refractivity contribution in [3.8, 4) is 0 Å². The third kappa shape index (κ3) is 7.00. The Bertz CT molecular complexity index is 1600. The number of anilines is 2. The molecule has 0 spiro atoms. The van der Waals surface area contributed by atoms with Crippen molar-refractivity contribution in [2.75, 3.05) is 28.6 Å². The molecule has 0 aliphatic carbocycles. The second kappa shape index (κ2) is 13.6. The minimum atomic E-state index is -4.08. The molecule has 4 rings (SSSR count). The molecule has 0 radical (unpaired) electrons. The molecule has 41 heavy (non-hydrogen) atoms. The number of halogens is 4. The second-order valence-corrected chi connectivity index (χ2v) is 13.1. The van der Waals surface area contributed by atoms with Crippen molar-refractivity contribution in [1.82, 2.24) is 4.57 Å². The van der Waals surface area contributed by atoms with Crippen molar-refractivity contribution in [3.63, 3.8) is 0 Å². The number of nitrogens with zero attached hydrogens (tertiary/aromatic N) is 4. The Hall–Kier alpha value is -1.94. The SMILES string of the molecule is CCCCCN1/C(=C/C=C/c2n(CC)c3cc(Cl)c(Cl)cc3[n+]2CCCS(=O)(=O)O)N(CC)c2cc(Cl)c(Cl)cc21. The minimum Gasteiger partial charge on any atom is -0.326 e. The number of imidazole rings is 1. The normalized spacial score (nSPS) is 14.8. The van der Waals surface area contributed by atoms with Gasteiger partial charge in [-0.15, -0.1) is 0 Å². The van der Waals surface area contributed by atoms with Crippen molar-refractivity contribution in [1.29, 1.82) is 0 Å². The predicted molar refractivity (Wildman–Crippen MR) is 172 cm³/mol. The van der Waals surface area contributed by atoms with Crippen LogP contribution in [-0.2, 0) is 23.2 Å². The number of hydrogen-bond acceptors (Lipinski definition) is 4. The summed E-state index contributed by atoms with van der Waals surface area (Å²) in [6, 6.07) is 7.48. The van der Waals surface area contributed by atoms with Gasteiger partial charge in [0.15, 0.2) is 11.0 Å². The van der Waals surface area contributed by atoms with Gasteiger partial charge in [-0.05, 0) is 38.5 Å². The molecule has 7 nitrogen and oxygen atoms in total. The first-order chi connectivity index (χ1) is 19.5. The van der Waals surface area contributed by atoms with Crippen molar-refractivity contribution in [3.05, 3.63) is 68.2 Å². The summed E-state index contributed by atoms with van der Waals surface area (Å²) in [5.74, 6) is 1.54. The van der Waals surface area contributed by atoms with Crippen LogP contribution in [0.15, 0.2) is 42.2 Å². The first-order valence-electron chi connectivity index (χ1n) is 13.8. The van der Waals surface area contributed by atoms with Crippen LogP contribution in [0, 0.1) is 0 Å². The summed E-state index contributed by atoms with van der Waals surface area (Å²) in [5, 5.41) is 1.90. The lowest BCUT2D eigenvalue weighted by molar-refractivity contribution is -0.673. The summed E-state index contributed by atoms with van der Waals surface area (Å²) in [6.45, 7) is 8.94. The third-order valence-electron chi connectivity index (χ3n) is 7.20.